The number of ether oxygens (including phenoxy) is 1. The molecule has 0 aliphatic rings. The van der Waals surface area contributed by atoms with E-state index in [-0.39, 0.29) is 11.9 Å². The van der Waals surface area contributed by atoms with Crippen LogP contribution in [0.25, 0.3) is 22.3 Å². The van der Waals surface area contributed by atoms with Crippen LogP contribution >= 0.6 is 0 Å². The molecule has 0 bridgehead atoms. The summed E-state index contributed by atoms with van der Waals surface area (Å²) in [6.07, 6.45) is 1.76. The normalized spacial score (nSPS) is 12.2. The van der Waals surface area contributed by atoms with E-state index in [0.29, 0.717) is 17.9 Å². The molecule has 0 saturated carbocycles. The number of aromatic nitrogens is 3. The average Bonchev–Trinajstić information content (AvgIpc) is 3.24. The van der Waals surface area contributed by atoms with Crippen LogP contribution < -0.4 is 10.1 Å². The van der Waals surface area contributed by atoms with E-state index in [0.717, 1.165) is 40.0 Å². The second kappa shape index (κ2) is 10.1. The summed E-state index contributed by atoms with van der Waals surface area (Å²) in [5, 5.41) is 8.47. The Morgan fingerprint density at radius 2 is 1.94 bits per heavy atom. The highest BCUT2D eigenvalue weighted by Gasteiger charge is 2.18. The van der Waals surface area contributed by atoms with Crippen LogP contribution in [0.5, 0.6) is 5.75 Å². The van der Waals surface area contributed by atoms with E-state index in [1.165, 1.54) is 0 Å². The fourth-order valence-corrected chi connectivity index (χ4v) is 3.95. The quantitative estimate of drug-likeness (QED) is 0.425. The van der Waals surface area contributed by atoms with Crippen molar-refractivity contribution in [1.29, 1.82) is 0 Å². The molecule has 2 aromatic carbocycles. The number of amides is 1. The van der Waals surface area contributed by atoms with Gasteiger partial charge in [-0.25, -0.2) is 4.98 Å². The van der Waals surface area contributed by atoms with Crippen molar-refractivity contribution in [3.05, 3.63) is 77.5 Å². The zero-order valence-corrected chi connectivity index (χ0v) is 20.4. The molecule has 0 aliphatic carbocycles. The van der Waals surface area contributed by atoms with Gasteiger partial charge in [-0.15, -0.1) is 0 Å². The van der Waals surface area contributed by atoms with E-state index in [1.54, 1.807) is 10.9 Å². The fourth-order valence-electron chi connectivity index (χ4n) is 3.95. The van der Waals surface area contributed by atoms with Gasteiger partial charge in [-0.05, 0) is 69.4 Å². The van der Waals surface area contributed by atoms with E-state index >= 15 is 0 Å². The first-order valence-corrected chi connectivity index (χ1v) is 11.4. The van der Waals surface area contributed by atoms with E-state index in [9.17, 15) is 4.79 Å². The summed E-state index contributed by atoms with van der Waals surface area (Å²) in [6.45, 7) is 5.30. The number of rotatable bonds is 8. The summed E-state index contributed by atoms with van der Waals surface area (Å²) in [5.74, 6) is 0.559. The molecule has 1 N–H and O–H groups in total. The van der Waals surface area contributed by atoms with Gasteiger partial charge >= 0.3 is 0 Å². The molecular weight excluding hydrogens is 426 g/mol. The highest BCUT2D eigenvalue weighted by molar-refractivity contribution is 5.96. The van der Waals surface area contributed by atoms with E-state index in [4.69, 9.17) is 9.72 Å². The number of nitrogens with one attached hydrogen (secondary N) is 1. The first-order valence-electron chi connectivity index (χ1n) is 11.4. The molecule has 0 fully saturated rings. The zero-order chi connectivity index (χ0) is 24.2. The summed E-state index contributed by atoms with van der Waals surface area (Å²) >= 11 is 0. The molecule has 4 aromatic rings. The largest absolute Gasteiger partial charge is 0.492 e. The van der Waals surface area contributed by atoms with Crippen LogP contribution in [0.1, 0.15) is 34.5 Å². The van der Waals surface area contributed by atoms with Gasteiger partial charge in [0.05, 0.1) is 22.9 Å². The zero-order valence-electron chi connectivity index (χ0n) is 20.4. The van der Waals surface area contributed by atoms with Crippen molar-refractivity contribution in [2.24, 2.45) is 7.05 Å². The van der Waals surface area contributed by atoms with Crippen molar-refractivity contribution >= 4 is 16.8 Å². The Morgan fingerprint density at radius 1 is 1.15 bits per heavy atom. The predicted octanol–water partition coefficient (Wildman–Crippen LogP) is 4.38. The first kappa shape index (κ1) is 23.4. The number of benzene rings is 2. The molecular formula is C27H31N5O2. The second-order valence-corrected chi connectivity index (χ2v) is 8.78. The molecule has 2 aromatic heterocycles. The fraction of sp³-hybridized carbons (Fsp3) is 0.296. The van der Waals surface area contributed by atoms with Crippen molar-refractivity contribution < 1.29 is 9.53 Å². The maximum atomic E-state index is 13.3. The van der Waals surface area contributed by atoms with Gasteiger partial charge in [0, 0.05) is 30.7 Å². The molecule has 176 valence electrons. The third-order valence-corrected chi connectivity index (χ3v) is 5.91. The molecule has 2 heterocycles. The minimum Gasteiger partial charge on any atom is -0.492 e. The van der Waals surface area contributed by atoms with Crippen LogP contribution in [0.2, 0.25) is 0 Å². The smallest absolute Gasteiger partial charge is 0.252 e. The Labute approximate surface area is 200 Å². The van der Waals surface area contributed by atoms with Crippen LogP contribution in [0, 0.1) is 6.92 Å². The highest BCUT2D eigenvalue weighted by atomic mass is 16.5. The summed E-state index contributed by atoms with van der Waals surface area (Å²) in [6, 6.07) is 17.4. The number of carbonyl (C=O) groups is 1. The predicted molar refractivity (Wildman–Crippen MR) is 135 cm³/mol. The number of pyridine rings is 1. The Kier molecular flexibility index (Phi) is 6.93. The minimum absolute atomic E-state index is 0.133. The van der Waals surface area contributed by atoms with Crippen molar-refractivity contribution in [2.75, 3.05) is 27.2 Å². The third kappa shape index (κ3) is 5.10. The summed E-state index contributed by atoms with van der Waals surface area (Å²) in [4.78, 5) is 20.2. The molecule has 7 nitrogen and oxygen atoms in total. The number of nitrogens with zero attached hydrogens (tertiary/aromatic N) is 4. The Morgan fingerprint density at radius 3 is 2.68 bits per heavy atom. The van der Waals surface area contributed by atoms with Crippen LogP contribution in [0.3, 0.4) is 0 Å². The number of aryl methyl sites for hydroxylation is 2. The molecule has 0 unspecified atom stereocenters. The number of fused-ring (bicyclic) bond motifs is 1. The van der Waals surface area contributed by atoms with Gasteiger partial charge in [-0.1, -0.05) is 24.3 Å². The molecule has 1 atom stereocenters. The van der Waals surface area contributed by atoms with Gasteiger partial charge in [0.1, 0.15) is 12.4 Å². The molecule has 0 spiro atoms. The number of likely N-dealkylation sites (N-methyl/N-ethyl adjacent to an activating group) is 1. The van der Waals surface area contributed by atoms with Gasteiger partial charge in [-0.2, -0.15) is 5.10 Å². The molecule has 0 radical (unpaired) electrons. The van der Waals surface area contributed by atoms with Gasteiger partial charge in [0.25, 0.3) is 5.91 Å². The minimum atomic E-state index is -0.231. The number of hydrogen-bond acceptors (Lipinski definition) is 5. The van der Waals surface area contributed by atoms with Crippen molar-refractivity contribution in [1.82, 2.24) is 25.0 Å². The standard InChI is InChI=1S/C27H31N5O2/c1-18-10-11-20(34-15-14-31(3)4)16-22(18)27(33)29-19(2)23-17-25(26-12-13-28-32(26)5)30-24-9-7-6-8-21(23)24/h6-13,16-17,19H,14-15H2,1-5H3,(H,29,33)/t19-/m1/s1. The lowest BCUT2D eigenvalue weighted by Gasteiger charge is -2.19. The maximum absolute atomic E-state index is 13.3. The van der Waals surface area contributed by atoms with Crippen molar-refractivity contribution in [3.8, 4) is 17.1 Å². The van der Waals surface area contributed by atoms with Crippen LogP contribution in [0.4, 0.5) is 0 Å². The van der Waals surface area contributed by atoms with E-state index in [2.05, 4.69) is 15.3 Å². The van der Waals surface area contributed by atoms with E-state index < -0.39 is 0 Å². The SMILES string of the molecule is Cc1ccc(OCCN(C)C)cc1C(=O)N[C@H](C)c1cc(-c2ccnn2C)nc2ccccc12. The molecule has 7 heteroatoms. The number of para-hydroxylation sites is 1. The Bertz CT molecular complexity index is 1310. The van der Waals surface area contributed by atoms with E-state index in [1.807, 2.05) is 89.6 Å². The Balaban J connectivity index is 1.61. The van der Waals surface area contributed by atoms with Crippen LogP contribution in [-0.2, 0) is 7.05 Å². The lowest BCUT2D eigenvalue weighted by Crippen LogP contribution is -2.27. The molecule has 4 rings (SSSR count). The van der Waals surface area contributed by atoms with Crippen LogP contribution in [0.15, 0.2) is 60.8 Å². The molecule has 1 amide bonds. The van der Waals surface area contributed by atoms with Gasteiger partial charge < -0.3 is 15.0 Å². The molecule has 34 heavy (non-hydrogen) atoms. The maximum Gasteiger partial charge on any atom is 0.252 e. The van der Waals surface area contributed by atoms with Gasteiger partial charge in [0.15, 0.2) is 0 Å². The lowest BCUT2D eigenvalue weighted by molar-refractivity contribution is 0.0939. The average molecular weight is 458 g/mol. The van der Waals surface area contributed by atoms with Crippen molar-refractivity contribution in [3.63, 3.8) is 0 Å². The topological polar surface area (TPSA) is 72.3 Å². The van der Waals surface area contributed by atoms with Gasteiger partial charge in [0.2, 0.25) is 0 Å². The number of hydrogen-bond donors (Lipinski definition) is 1. The Hall–Kier alpha value is -3.71. The first-order chi connectivity index (χ1) is 16.3. The van der Waals surface area contributed by atoms with Crippen molar-refractivity contribution in [2.45, 2.75) is 19.9 Å². The molecule has 0 saturated heterocycles. The van der Waals surface area contributed by atoms with Crippen LogP contribution in [-0.4, -0.2) is 52.8 Å². The number of carbonyl (C=O) groups excluding carboxylic acids is 1. The summed E-state index contributed by atoms with van der Waals surface area (Å²) < 4.78 is 7.64. The third-order valence-electron chi connectivity index (χ3n) is 5.91. The monoisotopic (exact) mass is 457 g/mol. The van der Waals surface area contributed by atoms with Gasteiger partial charge in [-0.3, -0.25) is 9.48 Å². The highest BCUT2D eigenvalue weighted by Crippen LogP contribution is 2.29. The molecule has 0 aliphatic heterocycles. The second-order valence-electron chi connectivity index (χ2n) is 8.78. The summed E-state index contributed by atoms with van der Waals surface area (Å²) in [5.41, 5.74) is 5.14. The summed E-state index contributed by atoms with van der Waals surface area (Å²) in [7, 11) is 5.90. The lowest BCUT2D eigenvalue weighted by atomic mass is 10.00.